The van der Waals surface area contributed by atoms with Gasteiger partial charge in [0.05, 0.1) is 22.5 Å². The molecule has 9 nitrogen and oxygen atoms in total. The van der Waals surface area contributed by atoms with Crippen molar-refractivity contribution in [2.75, 3.05) is 25.4 Å². The van der Waals surface area contributed by atoms with Crippen molar-refractivity contribution in [3.05, 3.63) is 75.9 Å². The zero-order valence-corrected chi connectivity index (χ0v) is 18.9. The fraction of sp³-hybridized carbons (Fsp3) is 0.208. The van der Waals surface area contributed by atoms with Crippen LogP contribution in [0.1, 0.15) is 12.8 Å². The molecule has 1 fully saturated rings. The first kappa shape index (κ1) is 23.2. The minimum absolute atomic E-state index is 0.0571. The smallest absolute Gasteiger partial charge is 0.270 e. The van der Waals surface area contributed by atoms with E-state index in [0.717, 1.165) is 29.6 Å². The Bertz CT molecular complexity index is 1360. The lowest BCUT2D eigenvalue weighted by atomic mass is 10.2. The fourth-order valence-corrected chi connectivity index (χ4v) is 3.76. The zero-order valence-electron chi connectivity index (χ0n) is 18.2. The molecule has 0 unspecified atom stereocenters. The van der Waals surface area contributed by atoms with Crippen molar-refractivity contribution >= 4 is 50.7 Å². The van der Waals surface area contributed by atoms with Gasteiger partial charge in [-0.15, -0.1) is 0 Å². The van der Waals surface area contributed by atoms with Crippen LogP contribution in [0.2, 0.25) is 5.15 Å². The van der Waals surface area contributed by atoms with E-state index in [0.29, 0.717) is 41.5 Å². The first-order valence-corrected chi connectivity index (χ1v) is 11.0. The maximum Gasteiger partial charge on any atom is 0.270 e. The van der Waals surface area contributed by atoms with E-state index in [1.165, 1.54) is 12.1 Å². The SMILES string of the molecule is Nc1ccc2nc(OCCN3CCCC3=O)ccc2c1.O=[N+]([O-])c1ccc2nc(Cl)ccc2c1. The summed E-state index contributed by atoms with van der Waals surface area (Å²) in [7, 11) is 0. The van der Waals surface area contributed by atoms with Gasteiger partial charge in [0.1, 0.15) is 11.8 Å². The van der Waals surface area contributed by atoms with Crippen LogP contribution in [-0.2, 0) is 4.79 Å². The lowest BCUT2D eigenvalue weighted by Gasteiger charge is -2.15. The van der Waals surface area contributed by atoms with E-state index in [4.69, 9.17) is 22.1 Å². The highest BCUT2D eigenvalue weighted by molar-refractivity contribution is 6.29. The fourth-order valence-electron chi connectivity index (χ4n) is 3.61. The average Bonchev–Trinajstić information content (AvgIpc) is 3.23. The minimum atomic E-state index is -0.436. The number of nitrogen functional groups attached to an aromatic ring is 1. The molecule has 0 saturated carbocycles. The van der Waals surface area contributed by atoms with Gasteiger partial charge in [-0.1, -0.05) is 11.6 Å². The van der Waals surface area contributed by atoms with Crippen molar-refractivity contribution in [3.8, 4) is 5.88 Å². The third-order valence-corrected chi connectivity index (χ3v) is 5.53. The number of carbonyl (C=O) groups excluding carboxylic acids is 1. The van der Waals surface area contributed by atoms with Gasteiger partial charge in [0.15, 0.2) is 0 Å². The summed E-state index contributed by atoms with van der Waals surface area (Å²) in [5.41, 5.74) is 8.02. The van der Waals surface area contributed by atoms with E-state index in [1.54, 1.807) is 18.2 Å². The number of nitrogens with two attached hydrogens (primary N) is 1. The summed E-state index contributed by atoms with van der Waals surface area (Å²) in [4.78, 5) is 31.8. The zero-order chi connectivity index (χ0) is 24.1. The second kappa shape index (κ2) is 10.3. The number of pyridine rings is 2. The van der Waals surface area contributed by atoms with E-state index >= 15 is 0 Å². The van der Waals surface area contributed by atoms with Gasteiger partial charge in [-0.3, -0.25) is 14.9 Å². The number of non-ortho nitro benzene ring substituents is 1. The van der Waals surface area contributed by atoms with Crippen molar-refractivity contribution in [2.24, 2.45) is 0 Å². The van der Waals surface area contributed by atoms with Crippen LogP contribution in [-0.4, -0.2) is 45.4 Å². The van der Waals surface area contributed by atoms with Crippen molar-refractivity contribution in [1.29, 1.82) is 0 Å². The Morgan fingerprint density at radius 2 is 1.76 bits per heavy atom. The van der Waals surface area contributed by atoms with Gasteiger partial charge in [-0.25, -0.2) is 9.97 Å². The number of halogens is 1. The molecule has 1 saturated heterocycles. The van der Waals surface area contributed by atoms with Gasteiger partial charge >= 0.3 is 0 Å². The molecule has 1 aliphatic heterocycles. The van der Waals surface area contributed by atoms with Gasteiger partial charge < -0.3 is 15.4 Å². The second-order valence-electron chi connectivity index (χ2n) is 7.70. The van der Waals surface area contributed by atoms with E-state index in [2.05, 4.69) is 9.97 Å². The number of nitrogens with zero attached hydrogens (tertiary/aromatic N) is 4. The largest absolute Gasteiger partial charge is 0.476 e. The number of nitro benzene ring substituents is 1. The molecule has 0 radical (unpaired) electrons. The second-order valence-corrected chi connectivity index (χ2v) is 8.09. The molecular formula is C24H22ClN5O4. The van der Waals surface area contributed by atoms with Crippen LogP contribution in [0.25, 0.3) is 21.8 Å². The normalized spacial score (nSPS) is 13.1. The summed E-state index contributed by atoms with van der Waals surface area (Å²) >= 11 is 5.68. The molecule has 5 rings (SSSR count). The van der Waals surface area contributed by atoms with Crippen LogP contribution in [0.5, 0.6) is 5.88 Å². The number of likely N-dealkylation sites (tertiary alicyclic amines) is 1. The molecule has 0 bridgehead atoms. The Labute approximate surface area is 200 Å². The molecule has 34 heavy (non-hydrogen) atoms. The minimum Gasteiger partial charge on any atom is -0.476 e. The van der Waals surface area contributed by atoms with Crippen LogP contribution < -0.4 is 10.5 Å². The number of ether oxygens (including phenoxy) is 1. The summed E-state index contributed by atoms with van der Waals surface area (Å²) in [5, 5.41) is 12.6. The number of amides is 1. The number of hydrogen-bond donors (Lipinski definition) is 1. The molecule has 2 aromatic heterocycles. The summed E-state index contributed by atoms with van der Waals surface area (Å²) in [6.45, 7) is 1.94. The van der Waals surface area contributed by atoms with Crippen molar-refractivity contribution < 1.29 is 14.5 Å². The molecule has 1 amide bonds. The Balaban J connectivity index is 0.000000172. The number of hydrogen-bond acceptors (Lipinski definition) is 7. The molecule has 2 aromatic carbocycles. The number of benzene rings is 2. The highest BCUT2D eigenvalue weighted by atomic mass is 35.5. The van der Waals surface area contributed by atoms with E-state index in [9.17, 15) is 14.9 Å². The molecule has 4 aromatic rings. The number of fused-ring (bicyclic) bond motifs is 2. The standard InChI is InChI=1S/C15H17N3O2.C9H5ClN2O2/c16-12-4-5-13-11(10-12)3-6-14(17-13)20-9-8-18-7-1-2-15(18)19;10-9-4-1-6-5-7(12(13)14)2-3-8(6)11-9/h3-6,10H,1-2,7-9,16H2;1-5H. The summed E-state index contributed by atoms with van der Waals surface area (Å²) in [5.74, 6) is 0.796. The first-order valence-electron chi connectivity index (χ1n) is 10.7. The van der Waals surface area contributed by atoms with Gasteiger partial charge in [-0.2, -0.15) is 0 Å². The Hall–Kier alpha value is -3.98. The van der Waals surface area contributed by atoms with Crippen LogP contribution >= 0.6 is 11.6 Å². The number of nitro groups is 1. The van der Waals surface area contributed by atoms with E-state index < -0.39 is 4.92 Å². The third kappa shape index (κ3) is 5.68. The van der Waals surface area contributed by atoms with E-state index in [1.807, 2.05) is 35.2 Å². The lowest BCUT2D eigenvalue weighted by Crippen LogP contribution is -2.29. The summed E-state index contributed by atoms with van der Waals surface area (Å²) in [6.07, 6.45) is 1.62. The first-order chi connectivity index (χ1) is 16.4. The molecule has 10 heteroatoms. The quantitative estimate of drug-likeness (QED) is 0.192. The highest BCUT2D eigenvalue weighted by Crippen LogP contribution is 2.21. The predicted molar refractivity (Wildman–Crippen MR) is 131 cm³/mol. The molecule has 1 aliphatic rings. The molecule has 3 heterocycles. The number of rotatable bonds is 5. The van der Waals surface area contributed by atoms with Crippen LogP contribution in [0.4, 0.5) is 11.4 Å². The van der Waals surface area contributed by atoms with Crippen molar-refractivity contribution in [3.63, 3.8) is 0 Å². The summed E-state index contributed by atoms with van der Waals surface area (Å²) < 4.78 is 5.62. The van der Waals surface area contributed by atoms with Gasteiger partial charge in [-0.05, 0) is 48.9 Å². The van der Waals surface area contributed by atoms with Gasteiger partial charge in [0.2, 0.25) is 11.8 Å². The Morgan fingerprint density at radius 1 is 1.03 bits per heavy atom. The third-order valence-electron chi connectivity index (χ3n) is 5.32. The predicted octanol–water partition coefficient (Wildman–Crippen LogP) is 4.61. The Morgan fingerprint density at radius 3 is 2.53 bits per heavy atom. The molecule has 0 aliphatic carbocycles. The molecule has 2 N–H and O–H groups in total. The van der Waals surface area contributed by atoms with Crippen molar-refractivity contribution in [2.45, 2.75) is 12.8 Å². The molecule has 174 valence electrons. The lowest BCUT2D eigenvalue weighted by molar-refractivity contribution is -0.384. The maximum atomic E-state index is 11.5. The number of carbonyl (C=O) groups is 1. The highest BCUT2D eigenvalue weighted by Gasteiger charge is 2.19. The maximum absolute atomic E-state index is 11.5. The molecule has 0 spiro atoms. The van der Waals surface area contributed by atoms with Crippen LogP contribution in [0.15, 0.2) is 60.7 Å². The van der Waals surface area contributed by atoms with Crippen LogP contribution in [0, 0.1) is 10.1 Å². The van der Waals surface area contributed by atoms with Gasteiger partial charge in [0, 0.05) is 47.6 Å². The summed E-state index contributed by atoms with van der Waals surface area (Å²) in [6, 6.07) is 17.1. The van der Waals surface area contributed by atoms with Crippen molar-refractivity contribution in [1.82, 2.24) is 14.9 Å². The van der Waals surface area contributed by atoms with Gasteiger partial charge in [0.25, 0.3) is 5.69 Å². The number of anilines is 1. The number of aromatic nitrogens is 2. The van der Waals surface area contributed by atoms with Crippen LogP contribution in [0.3, 0.4) is 0 Å². The Kier molecular flexibility index (Phi) is 7.03. The molecule has 0 atom stereocenters. The average molecular weight is 480 g/mol. The monoisotopic (exact) mass is 479 g/mol. The molecular weight excluding hydrogens is 458 g/mol. The topological polar surface area (TPSA) is 124 Å². The van der Waals surface area contributed by atoms with E-state index in [-0.39, 0.29) is 11.6 Å².